The third-order valence-corrected chi connectivity index (χ3v) is 4.49. The molecule has 0 radical (unpaired) electrons. The molecule has 0 N–H and O–H groups in total. The Kier molecular flexibility index (Phi) is 5.58. The topological polar surface area (TPSA) is 52.6 Å². The molecule has 4 nitrogen and oxygen atoms in total. The Balaban J connectivity index is 2.03. The molecule has 1 aliphatic carbocycles. The van der Waals surface area contributed by atoms with Crippen molar-refractivity contribution in [1.29, 1.82) is 0 Å². The van der Waals surface area contributed by atoms with Crippen LogP contribution in [0.2, 0.25) is 0 Å². The zero-order chi connectivity index (χ0) is 16.1. The summed E-state index contributed by atoms with van der Waals surface area (Å²) in [6, 6.07) is 6.43. The molecule has 1 aromatic carbocycles. The Labute approximate surface area is 131 Å². The molecule has 0 heterocycles. The van der Waals surface area contributed by atoms with Gasteiger partial charge in [-0.25, -0.2) is 4.79 Å². The Morgan fingerprint density at radius 2 is 1.91 bits per heavy atom. The normalized spacial score (nSPS) is 24.8. The maximum Gasteiger partial charge on any atom is 0.338 e. The van der Waals surface area contributed by atoms with Crippen LogP contribution >= 0.6 is 0 Å². The minimum atomic E-state index is -0.303. The van der Waals surface area contributed by atoms with Crippen molar-refractivity contribution < 1.29 is 19.1 Å². The summed E-state index contributed by atoms with van der Waals surface area (Å²) in [5, 5.41) is 0. The highest BCUT2D eigenvalue weighted by atomic mass is 16.5. The summed E-state index contributed by atoms with van der Waals surface area (Å²) in [7, 11) is 0. The molecule has 1 saturated carbocycles. The first-order chi connectivity index (χ1) is 10.5. The minimum Gasteiger partial charge on any atom is -0.458 e. The highest BCUT2D eigenvalue weighted by Gasteiger charge is 2.33. The van der Waals surface area contributed by atoms with E-state index in [4.69, 9.17) is 9.47 Å². The van der Waals surface area contributed by atoms with Gasteiger partial charge in [0.05, 0.1) is 5.56 Å². The van der Waals surface area contributed by atoms with Crippen LogP contribution in [0, 0.1) is 17.8 Å². The zero-order valence-electron chi connectivity index (χ0n) is 13.5. The minimum absolute atomic E-state index is 0.0119. The van der Waals surface area contributed by atoms with Crippen molar-refractivity contribution in [2.75, 3.05) is 0 Å². The number of carbonyl (C=O) groups excluding carboxylic acids is 2. The van der Waals surface area contributed by atoms with Gasteiger partial charge in [0.25, 0.3) is 6.47 Å². The van der Waals surface area contributed by atoms with Crippen LogP contribution < -0.4 is 4.74 Å². The molecule has 1 fully saturated rings. The quantitative estimate of drug-likeness (QED) is 0.612. The molecule has 0 bridgehead atoms. The number of ether oxygens (including phenoxy) is 2. The second-order valence-corrected chi connectivity index (χ2v) is 6.51. The summed E-state index contributed by atoms with van der Waals surface area (Å²) in [6.07, 6.45) is 3.24. The molecule has 120 valence electrons. The van der Waals surface area contributed by atoms with Gasteiger partial charge in [0, 0.05) is 0 Å². The lowest BCUT2D eigenvalue weighted by Gasteiger charge is -2.36. The molecule has 1 aromatic rings. The van der Waals surface area contributed by atoms with Crippen LogP contribution in [0.25, 0.3) is 0 Å². The third-order valence-electron chi connectivity index (χ3n) is 4.49. The van der Waals surface area contributed by atoms with E-state index in [1.807, 2.05) is 0 Å². The molecule has 0 saturated heterocycles. The first kappa shape index (κ1) is 16.5. The third kappa shape index (κ3) is 4.09. The lowest BCUT2D eigenvalue weighted by molar-refractivity contribution is -0.120. The van der Waals surface area contributed by atoms with E-state index in [1.165, 1.54) is 6.42 Å². The van der Waals surface area contributed by atoms with Gasteiger partial charge >= 0.3 is 5.97 Å². The van der Waals surface area contributed by atoms with Gasteiger partial charge in [0.15, 0.2) is 0 Å². The fraction of sp³-hybridized carbons (Fsp3) is 0.556. The van der Waals surface area contributed by atoms with E-state index in [-0.39, 0.29) is 12.1 Å². The Hall–Kier alpha value is -1.84. The van der Waals surface area contributed by atoms with Crippen LogP contribution in [0.5, 0.6) is 5.75 Å². The van der Waals surface area contributed by atoms with Gasteiger partial charge in [-0.05, 0) is 54.9 Å². The van der Waals surface area contributed by atoms with Crippen LogP contribution in [-0.4, -0.2) is 18.5 Å². The van der Waals surface area contributed by atoms with E-state index < -0.39 is 0 Å². The van der Waals surface area contributed by atoms with Crippen molar-refractivity contribution in [2.45, 2.75) is 46.1 Å². The fourth-order valence-corrected chi connectivity index (χ4v) is 3.18. The molecule has 2 rings (SSSR count). The van der Waals surface area contributed by atoms with Crippen LogP contribution in [0.15, 0.2) is 24.3 Å². The first-order valence-electron chi connectivity index (χ1n) is 7.92. The molecule has 3 atom stereocenters. The van der Waals surface area contributed by atoms with Crippen molar-refractivity contribution in [3.8, 4) is 5.75 Å². The summed E-state index contributed by atoms with van der Waals surface area (Å²) >= 11 is 0. The van der Waals surface area contributed by atoms with Crippen molar-refractivity contribution in [1.82, 2.24) is 0 Å². The second-order valence-electron chi connectivity index (χ2n) is 6.51. The summed E-state index contributed by atoms with van der Waals surface area (Å²) < 4.78 is 10.5. The molecule has 0 aromatic heterocycles. The van der Waals surface area contributed by atoms with E-state index in [2.05, 4.69) is 20.8 Å². The van der Waals surface area contributed by atoms with Gasteiger partial charge in [-0.1, -0.05) is 27.2 Å². The summed E-state index contributed by atoms with van der Waals surface area (Å²) in [6.45, 7) is 6.95. The molecular weight excluding hydrogens is 280 g/mol. The van der Waals surface area contributed by atoms with Gasteiger partial charge in [-0.2, -0.15) is 0 Å². The SMILES string of the molecule is CC1CCC(C(C)C)C(OC(=O)c2ccc(OC=O)cc2)C1. The number of hydrogen-bond donors (Lipinski definition) is 0. The number of rotatable bonds is 5. The van der Waals surface area contributed by atoms with Gasteiger partial charge in [-0.3, -0.25) is 4.79 Å². The molecule has 0 aliphatic heterocycles. The average Bonchev–Trinajstić information content (AvgIpc) is 2.48. The first-order valence-corrected chi connectivity index (χ1v) is 7.92. The maximum absolute atomic E-state index is 12.3. The van der Waals surface area contributed by atoms with Crippen LogP contribution in [-0.2, 0) is 9.53 Å². The van der Waals surface area contributed by atoms with Crippen molar-refractivity contribution in [3.05, 3.63) is 29.8 Å². The molecule has 3 unspecified atom stereocenters. The molecule has 0 amide bonds. The molecular formula is C18H24O4. The van der Waals surface area contributed by atoms with E-state index in [0.717, 1.165) is 12.8 Å². The van der Waals surface area contributed by atoms with Gasteiger partial charge in [0.2, 0.25) is 0 Å². The molecule has 1 aliphatic rings. The van der Waals surface area contributed by atoms with Gasteiger partial charge in [0.1, 0.15) is 11.9 Å². The zero-order valence-corrected chi connectivity index (χ0v) is 13.5. The van der Waals surface area contributed by atoms with Crippen LogP contribution in [0.1, 0.15) is 50.4 Å². The number of esters is 1. The summed E-state index contributed by atoms with van der Waals surface area (Å²) in [5.41, 5.74) is 0.485. The van der Waals surface area contributed by atoms with E-state index in [9.17, 15) is 9.59 Å². The monoisotopic (exact) mass is 304 g/mol. The van der Waals surface area contributed by atoms with Crippen LogP contribution in [0.3, 0.4) is 0 Å². The summed E-state index contributed by atoms with van der Waals surface area (Å²) in [5.74, 6) is 1.64. The maximum atomic E-state index is 12.3. The predicted molar refractivity (Wildman–Crippen MR) is 83.7 cm³/mol. The Bertz CT molecular complexity index is 506. The van der Waals surface area contributed by atoms with Crippen LogP contribution in [0.4, 0.5) is 0 Å². The Morgan fingerprint density at radius 3 is 2.50 bits per heavy atom. The standard InChI is InChI=1S/C18H24O4/c1-12(2)16-9-4-13(3)10-17(16)22-18(20)14-5-7-15(8-6-14)21-11-19/h5-8,11-13,16-17H,4,9-10H2,1-3H3. The second kappa shape index (κ2) is 7.43. The van der Waals surface area contributed by atoms with E-state index >= 15 is 0 Å². The average molecular weight is 304 g/mol. The largest absolute Gasteiger partial charge is 0.458 e. The van der Waals surface area contributed by atoms with E-state index in [0.29, 0.717) is 35.5 Å². The molecule has 0 spiro atoms. The molecule has 4 heteroatoms. The van der Waals surface area contributed by atoms with Gasteiger partial charge < -0.3 is 9.47 Å². The highest BCUT2D eigenvalue weighted by molar-refractivity contribution is 5.89. The van der Waals surface area contributed by atoms with Gasteiger partial charge in [-0.15, -0.1) is 0 Å². The molecule has 22 heavy (non-hydrogen) atoms. The predicted octanol–water partition coefficient (Wildman–Crippen LogP) is 3.84. The smallest absolute Gasteiger partial charge is 0.338 e. The fourth-order valence-electron chi connectivity index (χ4n) is 3.18. The number of hydrogen-bond acceptors (Lipinski definition) is 4. The van der Waals surface area contributed by atoms with Crippen molar-refractivity contribution in [3.63, 3.8) is 0 Å². The van der Waals surface area contributed by atoms with E-state index in [1.54, 1.807) is 24.3 Å². The Morgan fingerprint density at radius 1 is 1.23 bits per heavy atom. The lowest BCUT2D eigenvalue weighted by atomic mass is 9.75. The number of carbonyl (C=O) groups is 2. The highest BCUT2D eigenvalue weighted by Crippen LogP contribution is 2.35. The van der Waals surface area contributed by atoms with Crippen molar-refractivity contribution in [2.24, 2.45) is 17.8 Å². The number of benzene rings is 1. The van der Waals surface area contributed by atoms with Crippen molar-refractivity contribution >= 4 is 12.4 Å². The summed E-state index contributed by atoms with van der Waals surface area (Å²) in [4.78, 5) is 22.6. The lowest BCUT2D eigenvalue weighted by Crippen LogP contribution is -2.35.